The van der Waals surface area contributed by atoms with E-state index in [1.807, 2.05) is 0 Å². The lowest BCUT2D eigenvalue weighted by Crippen LogP contribution is -2.06. The standard InChI is InChI=1S/C8H3BrF4N2/c9-7-14-5-2-3(10)1-4(6(5)15-7)8(11,12)13/h1-2H,(H,14,15). The van der Waals surface area contributed by atoms with E-state index in [9.17, 15) is 17.6 Å². The summed E-state index contributed by atoms with van der Waals surface area (Å²) < 4.78 is 50.4. The zero-order chi connectivity index (χ0) is 11.2. The van der Waals surface area contributed by atoms with Crippen molar-refractivity contribution in [3.8, 4) is 0 Å². The van der Waals surface area contributed by atoms with Gasteiger partial charge in [0, 0.05) is 0 Å². The van der Waals surface area contributed by atoms with Gasteiger partial charge in [-0.05, 0) is 28.1 Å². The molecule has 0 radical (unpaired) electrons. The first-order chi connectivity index (χ1) is 6.88. The molecule has 1 aromatic heterocycles. The van der Waals surface area contributed by atoms with E-state index in [2.05, 4.69) is 25.9 Å². The van der Waals surface area contributed by atoms with Crippen LogP contribution in [0.1, 0.15) is 5.56 Å². The van der Waals surface area contributed by atoms with Gasteiger partial charge < -0.3 is 4.98 Å². The molecule has 0 amide bonds. The predicted octanol–water partition coefficient (Wildman–Crippen LogP) is 3.48. The molecule has 1 N–H and O–H groups in total. The van der Waals surface area contributed by atoms with Crippen molar-refractivity contribution in [3.05, 3.63) is 28.2 Å². The lowest BCUT2D eigenvalue weighted by molar-refractivity contribution is -0.136. The van der Waals surface area contributed by atoms with Crippen LogP contribution in [0.5, 0.6) is 0 Å². The summed E-state index contributed by atoms with van der Waals surface area (Å²) in [7, 11) is 0. The highest BCUT2D eigenvalue weighted by Crippen LogP contribution is 2.34. The summed E-state index contributed by atoms with van der Waals surface area (Å²) in [6, 6.07) is 1.39. The summed E-state index contributed by atoms with van der Waals surface area (Å²) in [5.74, 6) is -0.953. The SMILES string of the molecule is Fc1cc(C(F)(F)F)c2nc(Br)[nH]c2c1. The van der Waals surface area contributed by atoms with Gasteiger partial charge in [-0.1, -0.05) is 0 Å². The van der Waals surface area contributed by atoms with Crippen LogP contribution in [-0.2, 0) is 6.18 Å². The molecule has 0 spiro atoms. The second kappa shape index (κ2) is 3.19. The van der Waals surface area contributed by atoms with Gasteiger partial charge in [0.05, 0.1) is 11.1 Å². The Morgan fingerprint density at radius 3 is 2.53 bits per heavy atom. The number of H-pyrrole nitrogens is 1. The highest BCUT2D eigenvalue weighted by atomic mass is 79.9. The van der Waals surface area contributed by atoms with E-state index >= 15 is 0 Å². The van der Waals surface area contributed by atoms with Crippen molar-refractivity contribution < 1.29 is 17.6 Å². The number of alkyl halides is 3. The average Bonchev–Trinajstić information content (AvgIpc) is 2.41. The van der Waals surface area contributed by atoms with Crippen molar-refractivity contribution in [2.24, 2.45) is 0 Å². The number of nitrogens with zero attached hydrogens (tertiary/aromatic N) is 1. The molecule has 7 heteroatoms. The molecule has 80 valence electrons. The molecule has 0 saturated heterocycles. The first kappa shape index (κ1) is 10.4. The molecule has 0 aliphatic heterocycles. The third-order valence-corrected chi connectivity index (χ3v) is 2.20. The minimum absolute atomic E-state index is 0.00852. The number of benzene rings is 1. The van der Waals surface area contributed by atoms with Crippen LogP contribution >= 0.6 is 15.9 Å². The minimum atomic E-state index is -4.62. The Morgan fingerprint density at radius 1 is 1.27 bits per heavy atom. The van der Waals surface area contributed by atoms with Gasteiger partial charge in [-0.3, -0.25) is 0 Å². The molecule has 1 aromatic carbocycles. The second-order valence-electron chi connectivity index (χ2n) is 2.87. The molecule has 1 heterocycles. The van der Waals surface area contributed by atoms with Crippen molar-refractivity contribution in [3.63, 3.8) is 0 Å². The van der Waals surface area contributed by atoms with E-state index < -0.39 is 17.6 Å². The molecule has 0 aliphatic rings. The van der Waals surface area contributed by atoms with Gasteiger partial charge in [-0.2, -0.15) is 13.2 Å². The fraction of sp³-hybridized carbons (Fsp3) is 0.125. The van der Waals surface area contributed by atoms with Crippen molar-refractivity contribution in [1.82, 2.24) is 9.97 Å². The van der Waals surface area contributed by atoms with Crippen molar-refractivity contribution in [2.45, 2.75) is 6.18 Å². The van der Waals surface area contributed by atoms with Gasteiger partial charge in [-0.15, -0.1) is 0 Å². The summed E-state index contributed by atoms with van der Waals surface area (Å²) in [5.41, 5.74) is -1.37. The van der Waals surface area contributed by atoms with Gasteiger partial charge in [0.1, 0.15) is 11.3 Å². The van der Waals surface area contributed by atoms with E-state index in [0.717, 1.165) is 6.07 Å². The summed E-state index contributed by atoms with van der Waals surface area (Å²) in [5, 5.41) is 0. The topological polar surface area (TPSA) is 28.7 Å². The van der Waals surface area contributed by atoms with Crippen LogP contribution in [0.25, 0.3) is 11.0 Å². The molecule has 2 aromatic rings. The lowest BCUT2D eigenvalue weighted by Gasteiger charge is -2.06. The first-order valence-electron chi connectivity index (χ1n) is 3.80. The highest BCUT2D eigenvalue weighted by molar-refractivity contribution is 9.10. The summed E-state index contributed by atoms with van der Waals surface area (Å²) in [6.07, 6.45) is -4.62. The molecule has 0 atom stereocenters. The largest absolute Gasteiger partial charge is 0.418 e. The summed E-state index contributed by atoms with van der Waals surface area (Å²) >= 11 is 2.89. The van der Waals surface area contributed by atoms with Gasteiger partial charge in [0.15, 0.2) is 4.73 Å². The third-order valence-electron chi connectivity index (χ3n) is 1.83. The highest BCUT2D eigenvalue weighted by Gasteiger charge is 2.34. The van der Waals surface area contributed by atoms with E-state index in [-0.39, 0.29) is 15.8 Å². The molecule has 0 aliphatic carbocycles. The molecule has 0 unspecified atom stereocenters. The smallest absolute Gasteiger partial charge is 0.332 e. The Bertz CT molecular complexity index is 517. The van der Waals surface area contributed by atoms with E-state index in [0.29, 0.717) is 6.07 Å². The number of imidazole rings is 1. The van der Waals surface area contributed by atoms with Crippen LogP contribution in [-0.4, -0.2) is 9.97 Å². The number of hydrogen-bond acceptors (Lipinski definition) is 1. The van der Waals surface area contributed by atoms with Gasteiger partial charge >= 0.3 is 6.18 Å². The number of nitrogens with one attached hydrogen (secondary N) is 1. The van der Waals surface area contributed by atoms with E-state index in [4.69, 9.17) is 0 Å². The average molecular weight is 283 g/mol. The Kier molecular flexibility index (Phi) is 2.22. The number of halogens is 5. The summed E-state index contributed by atoms with van der Waals surface area (Å²) in [4.78, 5) is 6.07. The number of rotatable bonds is 0. The normalized spacial score (nSPS) is 12.3. The van der Waals surface area contributed by atoms with Crippen LogP contribution in [0.15, 0.2) is 16.9 Å². The van der Waals surface area contributed by atoms with Gasteiger partial charge in [0.2, 0.25) is 0 Å². The summed E-state index contributed by atoms with van der Waals surface area (Å²) in [6.45, 7) is 0. The molecule has 0 fully saturated rings. The molecule has 2 nitrogen and oxygen atoms in total. The number of aromatic nitrogens is 2. The van der Waals surface area contributed by atoms with Crippen molar-refractivity contribution >= 4 is 27.0 Å². The van der Waals surface area contributed by atoms with E-state index in [1.165, 1.54) is 0 Å². The number of hydrogen-bond donors (Lipinski definition) is 1. The maximum absolute atomic E-state index is 12.9. The molecular formula is C8H3BrF4N2. The fourth-order valence-electron chi connectivity index (χ4n) is 1.27. The molecule has 0 saturated carbocycles. The van der Waals surface area contributed by atoms with Crippen molar-refractivity contribution in [1.29, 1.82) is 0 Å². The second-order valence-corrected chi connectivity index (χ2v) is 3.63. The number of aromatic amines is 1. The first-order valence-corrected chi connectivity index (χ1v) is 4.59. The Balaban J connectivity index is 2.82. The van der Waals surface area contributed by atoms with Crippen LogP contribution in [0.3, 0.4) is 0 Å². The third kappa shape index (κ3) is 1.83. The molecule has 2 rings (SSSR count). The van der Waals surface area contributed by atoms with Gasteiger partial charge in [-0.25, -0.2) is 9.37 Å². The van der Waals surface area contributed by atoms with Crippen LogP contribution in [0.2, 0.25) is 0 Å². The zero-order valence-corrected chi connectivity index (χ0v) is 8.58. The zero-order valence-electron chi connectivity index (χ0n) is 6.99. The van der Waals surface area contributed by atoms with Crippen LogP contribution in [0.4, 0.5) is 17.6 Å². The Hall–Kier alpha value is -1.11. The minimum Gasteiger partial charge on any atom is -0.332 e. The fourth-order valence-corrected chi connectivity index (χ4v) is 1.66. The van der Waals surface area contributed by atoms with Crippen molar-refractivity contribution in [2.75, 3.05) is 0 Å². The molecular weight excluding hydrogens is 280 g/mol. The lowest BCUT2D eigenvalue weighted by atomic mass is 10.1. The van der Waals surface area contributed by atoms with Crippen LogP contribution in [0, 0.1) is 5.82 Å². The number of fused-ring (bicyclic) bond motifs is 1. The Morgan fingerprint density at radius 2 is 1.93 bits per heavy atom. The monoisotopic (exact) mass is 282 g/mol. The Labute approximate surface area is 89.4 Å². The van der Waals surface area contributed by atoms with Gasteiger partial charge in [0.25, 0.3) is 0 Å². The molecule has 0 bridgehead atoms. The predicted molar refractivity (Wildman–Crippen MR) is 48.8 cm³/mol. The maximum atomic E-state index is 12.9. The van der Waals surface area contributed by atoms with Crippen LogP contribution < -0.4 is 0 Å². The van der Waals surface area contributed by atoms with E-state index in [1.54, 1.807) is 0 Å². The maximum Gasteiger partial charge on any atom is 0.418 e. The molecule has 15 heavy (non-hydrogen) atoms. The quantitative estimate of drug-likeness (QED) is 0.737.